The minimum absolute atomic E-state index is 0.00797. The average molecular weight is 724 g/mol. The predicted molar refractivity (Wildman–Crippen MR) is 218 cm³/mol. The summed E-state index contributed by atoms with van der Waals surface area (Å²) in [7, 11) is 0. The number of ether oxygens (including phenoxy) is 2. The molecule has 0 unspecified atom stereocenters. The van der Waals surface area contributed by atoms with E-state index in [9.17, 15) is 14.7 Å². The highest BCUT2D eigenvalue weighted by Crippen LogP contribution is 2.18. The molecule has 304 valence electrons. The zero-order valence-corrected chi connectivity index (χ0v) is 34.7. The molecule has 0 aromatic carbocycles. The molecule has 0 aliphatic rings. The van der Waals surface area contributed by atoms with Crippen LogP contribution in [0.2, 0.25) is 0 Å². The molecule has 0 saturated carbocycles. The first-order chi connectivity index (χ1) is 25.1. The molecule has 0 rings (SSSR count). The third-order valence-corrected chi connectivity index (χ3v) is 10.4. The predicted octanol–water partition coefficient (Wildman–Crippen LogP) is 13.1. The normalized spacial score (nSPS) is 11.6. The fourth-order valence-corrected chi connectivity index (χ4v) is 7.03. The van der Waals surface area contributed by atoms with Crippen LogP contribution in [0.5, 0.6) is 0 Å². The van der Waals surface area contributed by atoms with E-state index >= 15 is 0 Å². The Morgan fingerprint density at radius 2 is 0.824 bits per heavy atom. The summed E-state index contributed by atoms with van der Waals surface area (Å²) in [5.41, 5.74) is 0. The first kappa shape index (κ1) is 49.9. The third kappa shape index (κ3) is 38.4. The first-order valence-corrected chi connectivity index (χ1v) is 22.8. The van der Waals surface area contributed by atoms with Crippen LogP contribution in [0.15, 0.2) is 0 Å². The summed E-state index contributed by atoms with van der Waals surface area (Å²) >= 11 is 0. The molecule has 0 spiro atoms. The monoisotopic (exact) mass is 724 g/mol. The number of aliphatic hydroxyl groups excluding tert-OH is 1. The zero-order chi connectivity index (χ0) is 37.3. The zero-order valence-electron chi connectivity index (χ0n) is 34.7. The fourth-order valence-electron chi connectivity index (χ4n) is 7.03. The second kappa shape index (κ2) is 41.6. The summed E-state index contributed by atoms with van der Waals surface area (Å²) in [5.74, 6) is -0.0258. The van der Waals surface area contributed by atoms with E-state index < -0.39 is 0 Å². The lowest BCUT2D eigenvalue weighted by Gasteiger charge is -2.22. The Hall–Kier alpha value is -1.14. The molecular weight excluding hydrogens is 634 g/mol. The van der Waals surface area contributed by atoms with Crippen molar-refractivity contribution in [3.63, 3.8) is 0 Å². The van der Waals surface area contributed by atoms with Gasteiger partial charge >= 0.3 is 11.9 Å². The largest absolute Gasteiger partial charge is 0.466 e. The number of nitrogens with zero attached hydrogens (tertiary/aromatic N) is 1. The third-order valence-electron chi connectivity index (χ3n) is 10.4. The van der Waals surface area contributed by atoms with Gasteiger partial charge in [-0.1, -0.05) is 162 Å². The maximum absolute atomic E-state index is 12.7. The van der Waals surface area contributed by atoms with Crippen LogP contribution in [0.25, 0.3) is 0 Å². The van der Waals surface area contributed by atoms with Crippen molar-refractivity contribution in [2.75, 3.05) is 32.8 Å². The molecule has 1 N–H and O–H groups in total. The van der Waals surface area contributed by atoms with Gasteiger partial charge < -0.3 is 19.5 Å². The molecular formula is C45H89NO5. The highest BCUT2D eigenvalue weighted by molar-refractivity contribution is 5.69. The van der Waals surface area contributed by atoms with Gasteiger partial charge in [-0.05, 0) is 77.3 Å². The van der Waals surface area contributed by atoms with Gasteiger partial charge in [0.15, 0.2) is 0 Å². The number of hydrogen-bond donors (Lipinski definition) is 1. The highest BCUT2D eigenvalue weighted by atomic mass is 16.5. The topological polar surface area (TPSA) is 76.1 Å². The van der Waals surface area contributed by atoms with Gasteiger partial charge in [-0.15, -0.1) is 0 Å². The van der Waals surface area contributed by atoms with E-state index in [4.69, 9.17) is 9.47 Å². The smallest absolute Gasteiger partial charge is 0.306 e. The lowest BCUT2D eigenvalue weighted by Crippen LogP contribution is -2.28. The number of esters is 2. The molecule has 6 nitrogen and oxygen atoms in total. The summed E-state index contributed by atoms with van der Waals surface area (Å²) < 4.78 is 11.5. The van der Waals surface area contributed by atoms with Crippen LogP contribution in [0.3, 0.4) is 0 Å². The molecule has 0 aromatic heterocycles. The summed E-state index contributed by atoms with van der Waals surface area (Å²) in [6.07, 6.45) is 39.4. The van der Waals surface area contributed by atoms with Gasteiger partial charge in [0.05, 0.1) is 6.61 Å². The standard InChI is InChI=1S/C45H89NO5/c1-4-7-10-13-16-17-18-25-32-42-50-44(48)36-28-21-23-30-38-46(40-33-41-47)39-31-24-22-29-37-45(49)51-43(34-26-19-14-11-8-5-2)35-27-20-15-12-9-6-3/h43,47H,4-42H2,1-3H3. The molecule has 0 aliphatic heterocycles. The van der Waals surface area contributed by atoms with Gasteiger partial charge in [0.2, 0.25) is 0 Å². The van der Waals surface area contributed by atoms with Crippen molar-refractivity contribution in [1.29, 1.82) is 0 Å². The van der Waals surface area contributed by atoms with Gasteiger partial charge in [0, 0.05) is 26.0 Å². The Labute approximate surface area is 318 Å². The maximum atomic E-state index is 12.7. The summed E-state index contributed by atoms with van der Waals surface area (Å²) in [5, 5.41) is 9.38. The lowest BCUT2D eigenvalue weighted by molar-refractivity contribution is -0.150. The van der Waals surface area contributed by atoms with E-state index in [-0.39, 0.29) is 24.6 Å². The Bertz CT molecular complexity index is 701. The van der Waals surface area contributed by atoms with Crippen molar-refractivity contribution >= 4 is 11.9 Å². The van der Waals surface area contributed by atoms with E-state index in [0.29, 0.717) is 19.4 Å². The fraction of sp³-hybridized carbons (Fsp3) is 0.956. The average Bonchev–Trinajstić information content (AvgIpc) is 3.13. The highest BCUT2D eigenvalue weighted by Gasteiger charge is 2.14. The van der Waals surface area contributed by atoms with Crippen LogP contribution in [0, 0.1) is 0 Å². The van der Waals surface area contributed by atoms with Gasteiger partial charge in [-0.2, -0.15) is 0 Å². The quantitative estimate of drug-likeness (QED) is 0.0499. The molecule has 0 saturated heterocycles. The number of carbonyl (C=O) groups excluding carboxylic acids is 2. The van der Waals surface area contributed by atoms with Crippen molar-refractivity contribution in [1.82, 2.24) is 4.90 Å². The van der Waals surface area contributed by atoms with E-state index in [1.54, 1.807) is 0 Å². The van der Waals surface area contributed by atoms with Crippen molar-refractivity contribution in [2.45, 2.75) is 245 Å². The van der Waals surface area contributed by atoms with Crippen LogP contribution in [0.1, 0.15) is 239 Å². The van der Waals surface area contributed by atoms with Crippen LogP contribution < -0.4 is 0 Å². The molecule has 51 heavy (non-hydrogen) atoms. The number of unbranched alkanes of at least 4 members (excludes halogenated alkanes) is 24. The Morgan fingerprint density at radius 3 is 1.29 bits per heavy atom. The second-order valence-corrected chi connectivity index (χ2v) is 15.5. The van der Waals surface area contributed by atoms with Crippen molar-refractivity contribution in [2.24, 2.45) is 0 Å². The van der Waals surface area contributed by atoms with Crippen molar-refractivity contribution in [3.05, 3.63) is 0 Å². The number of rotatable bonds is 42. The van der Waals surface area contributed by atoms with E-state index in [1.165, 1.54) is 128 Å². The van der Waals surface area contributed by atoms with Crippen LogP contribution in [-0.4, -0.2) is 60.9 Å². The SMILES string of the molecule is CCCCCCCCCCCOC(=O)CCCCCCN(CCCO)CCCCCCC(=O)OC(CCCCCCCC)CCCCCCCC. The van der Waals surface area contributed by atoms with E-state index in [2.05, 4.69) is 25.7 Å². The molecule has 0 heterocycles. The number of carbonyl (C=O) groups is 2. The van der Waals surface area contributed by atoms with E-state index in [0.717, 1.165) is 96.7 Å². The van der Waals surface area contributed by atoms with Gasteiger partial charge in [-0.3, -0.25) is 9.59 Å². The van der Waals surface area contributed by atoms with Gasteiger partial charge in [0.25, 0.3) is 0 Å². The molecule has 0 fully saturated rings. The van der Waals surface area contributed by atoms with Crippen molar-refractivity contribution < 1.29 is 24.2 Å². The molecule has 0 aliphatic carbocycles. The molecule has 0 aromatic rings. The Balaban J connectivity index is 4.05. The lowest BCUT2D eigenvalue weighted by atomic mass is 10.0. The minimum Gasteiger partial charge on any atom is -0.466 e. The van der Waals surface area contributed by atoms with Gasteiger partial charge in [0.1, 0.15) is 6.10 Å². The second-order valence-electron chi connectivity index (χ2n) is 15.5. The Morgan fingerprint density at radius 1 is 0.451 bits per heavy atom. The minimum atomic E-state index is -0.0337. The number of hydrogen-bond acceptors (Lipinski definition) is 6. The summed E-state index contributed by atoms with van der Waals surface area (Å²) in [6, 6.07) is 0. The van der Waals surface area contributed by atoms with E-state index in [1.807, 2.05) is 0 Å². The van der Waals surface area contributed by atoms with Crippen molar-refractivity contribution in [3.8, 4) is 0 Å². The van der Waals surface area contributed by atoms with Crippen LogP contribution in [-0.2, 0) is 19.1 Å². The summed E-state index contributed by atoms with van der Waals surface area (Å²) in [4.78, 5) is 27.3. The molecule has 0 amide bonds. The molecule has 0 bridgehead atoms. The summed E-state index contributed by atoms with van der Waals surface area (Å²) in [6.45, 7) is 10.6. The first-order valence-electron chi connectivity index (χ1n) is 22.8. The molecule has 6 heteroatoms. The number of aliphatic hydroxyl groups is 1. The van der Waals surface area contributed by atoms with Crippen LogP contribution in [0.4, 0.5) is 0 Å². The van der Waals surface area contributed by atoms with Gasteiger partial charge in [-0.25, -0.2) is 0 Å². The Kier molecular flexibility index (Phi) is 40.7. The van der Waals surface area contributed by atoms with Crippen LogP contribution >= 0.6 is 0 Å². The molecule has 0 atom stereocenters. The maximum Gasteiger partial charge on any atom is 0.306 e. The molecule has 0 radical (unpaired) electrons.